The highest BCUT2D eigenvalue weighted by molar-refractivity contribution is 6.00. The molecule has 0 bridgehead atoms. The number of anilines is 1. The van der Waals surface area contributed by atoms with Crippen molar-refractivity contribution in [3.05, 3.63) is 78.4 Å². The van der Waals surface area contributed by atoms with Gasteiger partial charge in [0.2, 0.25) is 17.7 Å². The van der Waals surface area contributed by atoms with E-state index >= 15 is 0 Å². The molecule has 3 aromatic carbocycles. The molecule has 0 radical (unpaired) electrons. The van der Waals surface area contributed by atoms with Gasteiger partial charge in [-0.15, -0.1) is 0 Å². The number of hydrogen-bond acceptors (Lipinski definition) is 6. The second-order valence-electron chi connectivity index (χ2n) is 12.6. The third-order valence-corrected chi connectivity index (χ3v) is 7.46. The van der Waals surface area contributed by atoms with Crippen LogP contribution in [0.1, 0.15) is 58.9 Å². The maximum atomic E-state index is 13.7. The van der Waals surface area contributed by atoms with Gasteiger partial charge in [0.1, 0.15) is 24.7 Å². The van der Waals surface area contributed by atoms with Crippen molar-refractivity contribution in [2.75, 3.05) is 11.9 Å². The average molecular weight is 660 g/mol. The molecule has 0 heterocycles. The second-order valence-corrected chi connectivity index (χ2v) is 12.6. The van der Waals surface area contributed by atoms with E-state index in [0.717, 1.165) is 16.3 Å². The van der Waals surface area contributed by atoms with Crippen molar-refractivity contribution in [2.24, 2.45) is 28.3 Å². The van der Waals surface area contributed by atoms with E-state index in [-0.39, 0.29) is 37.4 Å². The van der Waals surface area contributed by atoms with E-state index in [9.17, 15) is 19.2 Å². The van der Waals surface area contributed by atoms with Crippen LogP contribution in [0.3, 0.4) is 0 Å². The second kappa shape index (κ2) is 18.9. The van der Waals surface area contributed by atoms with E-state index in [0.29, 0.717) is 24.9 Å². The average Bonchev–Trinajstić information content (AvgIpc) is 3.04. The monoisotopic (exact) mass is 659 g/mol. The number of benzene rings is 3. The summed E-state index contributed by atoms with van der Waals surface area (Å²) in [6, 6.07) is 19.7. The zero-order chi connectivity index (χ0) is 35.1. The first-order chi connectivity index (χ1) is 22.9. The molecule has 258 valence electrons. The summed E-state index contributed by atoms with van der Waals surface area (Å²) in [5.41, 5.74) is 12.3. The highest BCUT2D eigenvalue weighted by Crippen LogP contribution is 2.19. The SMILES string of the molecule is CC(C)C[C@H](NC(=O)OCc1ccccc1)C(=O)N[C@@H](CC(C)C)C(=O)N[C@@H](CCCN=C(N)N)C(=O)Nc1ccc2ccccc2c1. The molecule has 8 N–H and O–H groups in total. The van der Waals surface area contributed by atoms with E-state index in [1.807, 2.05) is 94.4 Å². The zero-order valence-corrected chi connectivity index (χ0v) is 28.2. The molecule has 0 saturated carbocycles. The van der Waals surface area contributed by atoms with Crippen LogP contribution in [-0.4, -0.2) is 54.4 Å². The highest BCUT2D eigenvalue weighted by Gasteiger charge is 2.31. The predicted octanol–water partition coefficient (Wildman–Crippen LogP) is 4.19. The first-order valence-corrected chi connectivity index (χ1v) is 16.3. The first-order valence-electron chi connectivity index (χ1n) is 16.3. The van der Waals surface area contributed by atoms with Gasteiger partial charge in [-0.3, -0.25) is 19.4 Å². The Balaban J connectivity index is 1.73. The summed E-state index contributed by atoms with van der Waals surface area (Å²) in [5, 5.41) is 13.2. The number of nitrogens with zero attached hydrogens (tertiary/aromatic N) is 1. The normalized spacial score (nSPS) is 12.9. The van der Waals surface area contributed by atoms with Gasteiger partial charge in [-0.2, -0.15) is 0 Å². The van der Waals surface area contributed by atoms with Crippen LogP contribution in [-0.2, 0) is 25.7 Å². The number of aliphatic imine (C=N–C) groups is 1. The number of nitrogens with one attached hydrogen (secondary N) is 4. The Morgan fingerprint density at radius 3 is 1.92 bits per heavy atom. The van der Waals surface area contributed by atoms with E-state index in [2.05, 4.69) is 26.3 Å². The topological polar surface area (TPSA) is 190 Å². The van der Waals surface area contributed by atoms with Gasteiger partial charge in [-0.25, -0.2) is 4.79 Å². The van der Waals surface area contributed by atoms with Crippen molar-refractivity contribution in [2.45, 2.75) is 78.1 Å². The molecule has 0 aliphatic rings. The summed E-state index contributed by atoms with van der Waals surface area (Å²) < 4.78 is 5.34. The minimum atomic E-state index is -0.969. The van der Waals surface area contributed by atoms with Crippen molar-refractivity contribution in [1.29, 1.82) is 0 Å². The molecule has 0 aliphatic heterocycles. The first kappa shape index (κ1) is 37.3. The smallest absolute Gasteiger partial charge is 0.408 e. The molecule has 12 nitrogen and oxygen atoms in total. The third kappa shape index (κ3) is 12.9. The van der Waals surface area contributed by atoms with Crippen LogP contribution in [0, 0.1) is 11.8 Å². The van der Waals surface area contributed by atoms with Crippen molar-refractivity contribution >= 4 is 46.2 Å². The van der Waals surface area contributed by atoms with Gasteiger partial charge in [0.15, 0.2) is 5.96 Å². The molecule has 48 heavy (non-hydrogen) atoms. The van der Waals surface area contributed by atoms with Gasteiger partial charge >= 0.3 is 6.09 Å². The Morgan fingerprint density at radius 1 is 0.708 bits per heavy atom. The van der Waals surface area contributed by atoms with E-state index < -0.39 is 41.9 Å². The number of hydrogen-bond donors (Lipinski definition) is 6. The maximum Gasteiger partial charge on any atom is 0.408 e. The number of rotatable bonds is 17. The van der Waals surface area contributed by atoms with Gasteiger partial charge in [-0.1, -0.05) is 88.4 Å². The fourth-order valence-electron chi connectivity index (χ4n) is 5.13. The fourth-order valence-corrected chi connectivity index (χ4v) is 5.13. The number of ether oxygens (including phenoxy) is 1. The molecular formula is C36H49N7O5. The number of fused-ring (bicyclic) bond motifs is 1. The number of carbonyl (C=O) groups is 4. The summed E-state index contributed by atoms with van der Waals surface area (Å²) in [5.74, 6) is -1.44. The maximum absolute atomic E-state index is 13.7. The number of nitrogens with two attached hydrogens (primary N) is 2. The van der Waals surface area contributed by atoms with Gasteiger partial charge in [0.25, 0.3) is 0 Å². The van der Waals surface area contributed by atoms with Crippen molar-refractivity contribution in [3.8, 4) is 0 Å². The molecular weight excluding hydrogens is 610 g/mol. The largest absolute Gasteiger partial charge is 0.445 e. The van der Waals surface area contributed by atoms with E-state index in [4.69, 9.17) is 16.2 Å². The number of alkyl carbamates (subject to hydrolysis) is 1. The predicted molar refractivity (Wildman–Crippen MR) is 189 cm³/mol. The summed E-state index contributed by atoms with van der Waals surface area (Å²) in [4.78, 5) is 57.5. The van der Waals surface area contributed by atoms with Crippen LogP contribution in [0.5, 0.6) is 0 Å². The molecule has 0 aliphatic carbocycles. The Kier molecular flexibility index (Phi) is 14.7. The molecule has 0 spiro atoms. The number of amides is 4. The number of guanidine groups is 1. The minimum absolute atomic E-state index is 0.0279. The Bertz CT molecular complexity index is 1540. The fraction of sp³-hybridized carbons (Fsp3) is 0.417. The highest BCUT2D eigenvalue weighted by atomic mass is 16.5. The summed E-state index contributed by atoms with van der Waals surface area (Å²) >= 11 is 0. The summed E-state index contributed by atoms with van der Waals surface area (Å²) in [6.45, 7) is 8.03. The lowest BCUT2D eigenvalue weighted by Crippen LogP contribution is -2.56. The molecule has 0 fully saturated rings. The molecule has 3 aromatic rings. The van der Waals surface area contributed by atoms with E-state index in [1.54, 1.807) is 6.07 Å². The lowest BCUT2D eigenvalue weighted by molar-refractivity contribution is -0.132. The number of carbonyl (C=O) groups excluding carboxylic acids is 4. The van der Waals surface area contributed by atoms with Gasteiger partial charge in [0, 0.05) is 12.2 Å². The molecule has 3 atom stereocenters. The van der Waals surface area contributed by atoms with Crippen LogP contribution in [0.15, 0.2) is 77.8 Å². The Morgan fingerprint density at radius 2 is 1.29 bits per heavy atom. The minimum Gasteiger partial charge on any atom is -0.445 e. The van der Waals surface area contributed by atoms with Crippen LogP contribution in [0.2, 0.25) is 0 Å². The molecule has 12 heteroatoms. The van der Waals surface area contributed by atoms with Crippen LogP contribution in [0.25, 0.3) is 10.8 Å². The molecule has 0 saturated heterocycles. The van der Waals surface area contributed by atoms with Gasteiger partial charge in [0.05, 0.1) is 0 Å². The quantitative estimate of drug-likeness (QED) is 0.0711. The third-order valence-electron chi connectivity index (χ3n) is 7.46. The van der Waals surface area contributed by atoms with Crippen molar-refractivity contribution in [1.82, 2.24) is 16.0 Å². The van der Waals surface area contributed by atoms with Crippen LogP contribution in [0.4, 0.5) is 10.5 Å². The lowest BCUT2D eigenvalue weighted by atomic mass is 9.99. The van der Waals surface area contributed by atoms with Gasteiger partial charge in [-0.05, 0) is 66.0 Å². The molecule has 0 aromatic heterocycles. The Hall–Kier alpha value is -5.13. The van der Waals surface area contributed by atoms with Crippen LogP contribution < -0.4 is 32.7 Å². The summed E-state index contributed by atoms with van der Waals surface area (Å²) in [7, 11) is 0. The van der Waals surface area contributed by atoms with Crippen molar-refractivity contribution < 1.29 is 23.9 Å². The Labute approximate surface area is 282 Å². The standard InChI is InChI=1S/C36H49N7O5/c1-23(2)19-30(42-34(46)31(20-24(3)4)43-36(47)48-22-25-11-6-5-7-12-25)33(45)41-29(15-10-18-39-35(37)38)32(44)40-28-17-16-26-13-8-9-14-27(26)21-28/h5-9,11-14,16-17,21,23-24,29-31H,10,15,18-20,22H2,1-4H3,(H,40,44)(H,41,45)(H,42,46)(H,43,47)(H4,37,38,39)/t29-,30-,31-/m0/s1. The van der Waals surface area contributed by atoms with Crippen LogP contribution >= 0.6 is 0 Å². The lowest BCUT2D eigenvalue weighted by Gasteiger charge is -2.26. The van der Waals surface area contributed by atoms with Crippen molar-refractivity contribution in [3.63, 3.8) is 0 Å². The molecule has 3 rings (SSSR count). The van der Waals surface area contributed by atoms with E-state index in [1.165, 1.54) is 0 Å². The summed E-state index contributed by atoms with van der Waals surface area (Å²) in [6.07, 6.45) is 0.549. The zero-order valence-electron chi connectivity index (χ0n) is 28.2. The molecule has 0 unspecified atom stereocenters. The molecule has 4 amide bonds. The van der Waals surface area contributed by atoms with Gasteiger partial charge < -0.3 is 37.5 Å².